The van der Waals surface area contributed by atoms with Crippen molar-refractivity contribution in [3.05, 3.63) is 35.9 Å². The first-order chi connectivity index (χ1) is 9.34. The minimum absolute atomic E-state index is 0.0402. The summed E-state index contributed by atoms with van der Waals surface area (Å²) in [5.41, 5.74) is -0.313. The fourth-order valence-corrected chi connectivity index (χ4v) is 2.41. The Morgan fingerprint density at radius 1 is 1.25 bits per heavy atom. The van der Waals surface area contributed by atoms with Gasteiger partial charge in [0, 0.05) is 5.56 Å². The number of hydrogen-bond acceptors (Lipinski definition) is 4. The van der Waals surface area contributed by atoms with Crippen LogP contribution in [0.15, 0.2) is 30.3 Å². The van der Waals surface area contributed by atoms with Gasteiger partial charge in [0.1, 0.15) is 0 Å². The van der Waals surface area contributed by atoms with Gasteiger partial charge in [0.2, 0.25) is 11.8 Å². The third-order valence-electron chi connectivity index (χ3n) is 3.75. The van der Waals surface area contributed by atoms with E-state index in [1.165, 1.54) is 0 Å². The maximum absolute atomic E-state index is 12.5. The Balaban J connectivity index is 2.27. The molecule has 1 N–H and O–H groups in total. The van der Waals surface area contributed by atoms with Crippen molar-refractivity contribution in [1.29, 1.82) is 0 Å². The minimum Gasteiger partial charge on any atom is -0.294 e. The smallest absolute Gasteiger partial charge is 0.246 e. The number of benzene rings is 1. The summed E-state index contributed by atoms with van der Waals surface area (Å²) in [6, 6.07) is 8.35. The van der Waals surface area contributed by atoms with Crippen LogP contribution < -0.4 is 5.32 Å². The third kappa shape index (κ3) is 2.49. The molecular formula is C15H18N2O3. The van der Waals surface area contributed by atoms with Gasteiger partial charge in [0.15, 0.2) is 5.78 Å². The van der Waals surface area contributed by atoms with Gasteiger partial charge in [-0.25, -0.2) is 0 Å². The molecule has 106 valence electrons. The van der Waals surface area contributed by atoms with Crippen LogP contribution in [0, 0.1) is 0 Å². The van der Waals surface area contributed by atoms with Gasteiger partial charge in [0.25, 0.3) is 0 Å². The molecule has 0 radical (unpaired) electrons. The average Bonchev–Trinajstić information content (AvgIpc) is 2.42. The molecule has 2 amide bonds. The molecule has 1 aliphatic heterocycles. The largest absolute Gasteiger partial charge is 0.294 e. The quantitative estimate of drug-likeness (QED) is 0.659. The van der Waals surface area contributed by atoms with Crippen molar-refractivity contribution in [1.82, 2.24) is 10.2 Å². The Kier molecular flexibility index (Phi) is 3.72. The Morgan fingerprint density at radius 2 is 1.85 bits per heavy atom. The van der Waals surface area contributed by atoms with E-state index in [-0.39, 0.29) is 24.1 Å². The lowest BCUT2D eigenvalue weighted by atomic mass is 9.93. The molecule has 1 aromatic rings. The predicted octanol–water partition coefficient (Wildman–Crippen LogP) is 0.995. The van der Waals surface area contributed by atoms with Gasteiger partial charge < -0.3 is 0 Å². The number of ketones is 1. The Labute approximate surface area is 118 Å². The van der Waals surface area contributed by atoms with Crippen LogP contribution in [0.3, 0.4) is 0 Å². The summed E-state index contributed by atoms with van der Waals surface area (Å²) < 4.78 is 0. The third-order valence-corrected chi connectivity index (χ3v) is 3.75. The molecule has 1 heterocycles. The molecule has 20 heavy (non-hydrogen) atoms. The van der Waals surface area contributed by atoms with Crippen molar-refractivity contribution in [2.45, 2.75) is 32.4 Å². The van der Waals surface area contributed by atoms with E-state index < -0.39 is 11.6 Å². The SMILES string of the molecule is CC(C(=O)c1ccccc1)N1CC(=O)NC(=O)C1(C)C. The monoisotopic (exact) mass is 274 g/mol. The molecule has 1 aliphatic rings. The van der Waals surface area contributed by atoms with Crippen molar-refractivity contribution < 1.29 is 14.4 Å². The first-order valence-corrected chi connectivity index (χ1v) is 6.54. The second-order valence-corrected chi connectivity index (χ2v) is 5.47. The number of imide groups is 1. The summed E-state index contributed by atoms with van der Waals surface area (Å²) in [5, 5.41) is 2.30. The molecule has 0 aromatic heterocycles. The van der Waals surface area contributed by atoms with E-state index in [9.17, 15) is 14.4 Å². The molecule has 0 aliphatic carbocycles. The summed E-state index contributed by atoms with van der Waals surface area (Å²) in [6.45, 7) is 5.19. The highest BCUT2D eigenvalue weighted by Gasteiger charge is 2.44. The average molecular weight is 274 g/mol. The van der Waals surface area contributed by atoms with E-state index in [0.29, 0.717) is 5.56 Å². The van der Waals surface area contributed by atoms with Crippen LogP contribution in [0.2, 0.25) is 0 Å². The number of carbonyl (C=O) groups excluding carboxylic acids is 3. The van der Waals surface area contributed by atoms with Crippen molar-refractivity contribution >= 4 is 17.6 Å². The molecular weight excluding hydrogens is 256 g/mol. The van der Waals surface area contributed by atoms with Crippen molar-refractivity contribution in [3.63, 3.8) is 0 Å². The van der Waals surface area contributed by atoms with Crippen LogP contribution in [0.4, 0.5) is 0 Å². The lowest BCUT2D eigenvalue weighted by Gasteiger charge is -2.43. The van der Waals surface area contributed by atoms with E-state index in [1.54, 1.807) is 49.9 Å². The number of nitrogens with one attached hydrogen (secondary N) is 1. The molecule has 5 nitrogen and oxygen atoms in total. The molecule has 0 bridgehead atoms. The van der Waals surface area contributed by atoms with Crippen molar-refractivity contribution in [2.24, 2.45) is 0 Å². The van der Waals surface area contributed by atoms with Crippen LogP contribution in [-0.4, -0.2) is 40.6 Å². The molecule has 0 saturated carbocycles. The summed E-state index contributed by atoms with van der Waals surface area (Å²) in [4.78, 5) is 37.6. The number of hydrogen-bond donors (Lipinski definition) is 1. The van der Waals surface area contributed by atoms with Gasteiger partial charge in [0.05, 0.1) is 18.1 Å². The molecule has 1 saturated heterocycles. The van der Waals surface area contributed by atoms with Gasteiger partial charge in [-0.2, -0.15) is 0 Å². The van der Waals surface area contributed by atoms with Gasteiger partial charge >= 0.3 is 0 Å². The van der Waals surface area contributed by atoms with Crippen LogP contribution in [0.5, 0.6) is 0 Å². The fourth-order valence-electron chi connectivity index (χ4n) is 2.41. The first kappa shape index (κ1) is 14.4. The highest BCUT2D eigenvalue weighted by molar-refractivity contribution is 6.05. The Hall–Kier alpha value is -2.01. The second-order valence-electron chi connectivity index (χ2n) is 5.47. The summed E-state index contributed by atoms with van der Waals surface area (Å²) in [6.07, 6.45) is 0. The normalized spacial score (nSPS) is 20.4. The fraction of sp³-hybridized carbons (Fsp3) is 0.400. The van der Waals surface area contributed by atoms with Crippen molar-refractivity contribution in [3.8, 4) is 0 Å². The van der Waals surface area contributed by atoms with Crippen molar-refractivity contribution in [2.75, 3.05) is 6.54 Å². The molecule has 1 atom stereocenters. The number of rotatable bonds is 3. The van der Waals surface area contributed by atoms with Gasteiger partial charge in [-0.1, -0.05) is 30.3 Å². The standard InChI is InChI=1S/C15H18N2O3/c1-10(13(19)11-7-5-4-6-8-11)17-9-12(18)16-14(20)15(17,2)3/h4-8,10H,9H2,1-3H3,(H,16,18,20). The van der Waals surface area contributed by atoms with Gasteiger partial charge in [-0.15, -0.1) is 0 Å². The lowest BCUT2D eigenvalue weighted by Crippen LogP contribution is -2.67. The summed E-state index contributed by atoms with van der Waals surface area (Å²) in [7, 11) is 0. The van der Waals surface area contributed by atoms with E-state index in [4.69, 9.17) is 0 Å². The van der Waals surface area contributed by atoms with E-state index in [1.807, 2.05) is 6.07 Å². The van der Waals surface area contributed by atoms with Gasteiger partial charge in [-0.05, 0) is 20.8 Å². The van der Waals surface area contributed by atoms with Crippen LogP contribution in [0.25, 0.3) is 0 Å². The van der Waals surface area contributed by atoms with Crippen LogP contribution in [-0.2, 0) is 9.59 Å². The number of carbonyl (C=O) groups is 3. The van der Waals surface area contributed by atoms with Crippen LogP contribution in [0.1, 0.15) is 31.1 Å². The second kappa shape index (κ2) is 5.17. The number of amides is 2. The number of piperazine rings is 1. The van der Waals surface area contributed by atoms with E-state index in [2.05, 4.69) is 5.32 Å². The minimum atomic E-state index is -0.891. The number of nitrogens with zero attached hydrogens (tertiary/aromatic N) is 1. The molecule has 1 unspecified atom stereocenters. The van der Waals surface area contributed by atoms with E-state index in [0.717, 1.165) is 0 Å². The first-order valence-electron chi connectivity index (χ1n) is 6.54. The summed E-state index contributed by atoms with van der Waals surface area (Å²) >= 11 is 0. The van der Waals surface area contributed by atoms with Gasteiger partial charge in [-0.3, -0.25) is 24.6 Å². The molecule has 2 rings (SSSR count). The zero-order valence-electron chi connectivity index (χ0n) is 11.8. The molecule has 1 fully saturated rings. The van der Waals surface area contributed by atoms with Crippen LogP contribution >= 0.6 is 0 Å². The highest BCUT2D eigenvalue weighted by Crippen LogP contribution is 2.23. The van der Waals surface area contributed by atoms with E-state index >= 15 is 0 Å². The summed E-state index contributed by atoms with van der Waals surface area (Å²) in [5.74, 6) is -0.843. The zero-order valence-corrected chi connectivity index (χ0v) is 11.8. The molecule has 0 spiro atoms. The highest BCUT2D eigenvalue weighted by atomic mass is 16.2. The topological polar surface area (TPSA) is 66.5 Å². The molecule has 1 aromatic carbocycles. The maximum Gasteiger partial charge on any atom is 0.246 e. The lowest BCUT2D eigenvalue weighted by molar-refractivity contribution is -0.146. The molecule has 5 heteroatoms. The maximum atomic E-state index is 12.5. The zero-order chi connectivity index (χ0) is 14.9. The predicted molar refractivity (Wildman–Crippen MR) is 74.2 cm³/mol. The Bertz CT molecular complexity index is 551. The number of Topliss-reactive ketones (excluding diaryl/α,β-unsaturated/α-hetero) is 1. The Morgan fingerprint density at radius 3 is 2.45 bits per heavy atom.